The molecule has 0 saturated carbocycles. The zero-order chi connectivity index (χ0) is 12.3. The lowest BCUT2D eigenvalue weighted by Gasteiger charge is -2.06. The first-order chi connectivity index (χ1) is 8.16. The topological polar surface area (TPSA) is 57.8 Å². The maximum Gasteiger partial charge on any atom is 0.231 e. The van der Waals surface area contributed by atoms with Gasteiger partial charge in [-0.15, -0.1) is 0 Å². The number of amides is 1. The van der Waals surface area contributed by atoms with Crippen molar-refractivity contribution in [2.24, 2.45) is 0 Å². The lowest BCUT2D eigenvalue weighted by atomic mass is 10.1. The summed E-state index contributed by atoms with van der Waals surface area (Å²) in [5, 5.41) is 3.56. The summed E-state index contributed by atoms with van der Waals surface area (Å²) in [6.07, 6.45) is 3.29. The zero-order valence-corrected chi connectivity index (χ0v) is 10.2. The Labute approximate surface area is 108 Å². The second-order valence-electron chi connectivity index (χ2n) is 3.36. The van der Waals surface area contributed by atoms with Crippen molar-refractivity contribution in [2.75, 3.05) is 5.32 Å². The summed E-state index contributed by atoms with van der Waals surface area (Å²) >= 11 is 11.9. The zero-order valence-electron chi connectivity index (χ0n) is 8.71. The van der Waals surface area contributed by atoms with E-state index in [-0.39, 0.29) is 12.3 Å². The molecule has 2 rings (SSSR count). The predicted octanol–water partition coefficient (Wildman–Crippen LogP) is 2.90. The number of benzene rings is 1. The first-order valence-electron chi connectivity index (χ1n) is 4.89. The number of carbonyl (C=O) groups is 1. The fraction of sp³-hybridized carbons (Fsp3) is 0.0909. The summed E-state index contributed by atoms with van der Waals surface area (Å²) in [6.45, 7) is 0. The molecule has 0 bridgehead atoms. The molecule has 0 radical (unpaired) electrons. The van der Waals surface area contributed by atoms with E-state index in [1.807, 2.05) is 0 Å². The summed E-state index contributed by atoms with van der Waals surface area (Å²) < 4.78 is 0. The van der Waals surface area contributed by atoms with E-state index in [9.17, 15) is 4.79 Å². The van der Waals surface area contributed by atoms with Crippen LogP contribution in [0.15, 0.2) is 30.6 Å². The smallest absolute Gasteiger partial charge is 0.231 e. The summed E-state index contributed by atoms with van der Waals surface area (Å²) in [5.41, 5.74) is 0.611. The van der Waals surface area contributed by atoms with E-state index in [2.05, 4.69) is 15.3 Å². The normalized spacial score (nSPS) is 10.2. The van der Waals surface area contributed by atoms with Crippen LogP contribution in [0.4, 0.5) is 5.95 Å². The minimum absolute atomic E-state index is 0.110. The van der Waals surface area contributed by atoms with Crippen molar-refractivity contribution >= 4 is 35.1 Å². The van der Waals surface area contributed by atoms with Crippen LogP contribution in [-0.2, 0) is 11.2 Å². The van der Waals surface area contributed by atoms with E-state index in [1.54, 1.807) is 30.6 Å². The Bertz CT molecular complexity index is 505. The highest BCUT2D eigenvalue weighted by Gasteiger charge is 2.11. The molecular formula is C11H9Cl2N3O. The van der Waals surface area contributed by atoms with Crippen molar-refractivity contribution in [3.63, 3.8) is 0 Å². The molecular weight excluding hydrogens is 261 g/mol. The molecule has 6 heteroatoms. The Balaban J connectivity index is 2.08. The first kappa shape index (κ1) is 12.0. The second-order valence-corrected chi connectivity index (χ2v) is 4.18. The molecule has 0 aliphatic carbocycles. The predicted molar refractivity (Wildman–Crippen MR) is 67.4 cm³/mol. The molecule has 0 fully saturated rings. The molecule has 2 N–H and O–H groups in total. The number of H-pyrrole nitrogens is 1. The molecule has 1 aromatic heterocycles. The number of nitrogens with zero attached hydrogens (tertiary/aromatic N) is 1. The average molecular weight is 270 g/mol. The van der Waals surface area contributed by atoms with Crippen LogP contribution in [0, 0.1) is 0 Å². The minimum Gasteiger partial charge on any atom is -0.331 e. The van der Waals surface area contributed by atoms with Gasteiger partial charge in [0, 0.05) is 22.4 Å². The molecule has 0 spiro atoms. The molecule has 0 aliphatic heterocycles. The van der Waals surface area contributed by atoms with Crippen molar-refractivity contribution in [1.82, 2.24) is 9.97 Å². The third-order valence-electron chi connectivity index (χ3n) is 2.16. The van der Waals surface area contributed by atoms with Gasteiger partial charge in [-0.05, 0) is 17.7 Å². The maximum atomic E-state index is 11.7. The molecule has 0 saturated heterocycles. The number of rotatable bonds is 3. The summed E-state index contributed by atoms with van der Waals surface area (Å²) in [4.78, 5) is 18.4. The first-order valence-corrected chi connectivity index (χ1v) is 5.64. The lowest BCUT2D eigenvalue weighted by molar-refractivity contribution is -0.115. The van der Waals surface area contributed by atoms with E-state index in [0.29, 0.717) is 21.6 Å². The van der Waals surface area contributed by atoms with Crippen LogP contribution in [0.1, 0.15) is 5.56 Å². The van der Waals surface area contributed by atoms with Crippen molar-refractivity contribution in [1.29, 1.82) is 0 Å². The lowest BCUT2D eigenvalue weighted by Crippen LogP contribution is -2.15. The van der Waals surface area contributed by atoms with Crippen LogP contribution < -0.4 is 5.32 Å². The van der Waals surface area contributed by atoms with Gasteiger partial charge in [0.2, 0.25) is 11.9 Å². The van der Waals surface area contributed by atoms with Gasteiger partial charge in [-0.2, -0.15) is 0 Å². The minimum atomic E-state index is -0.227. The quantitative estimate of drug-likeness (QED) is 0.900. The Hall–Kier alpha value is -1.52. The number of anilines is 1. The number of hydrogen-bond donors (Lipinski definition) is 2. The van der Waals surface area contributed by atoms with Crippen molar-refractivity contribution < 1.29 is 4.79 Å². The van der Waals surface area contributed by atoms with Gasteiger partial charge in [0.25, 0.3) is 0 Å². The molecule has 1 amide bonds. The summed E-state index contributed by atoms with van der Waals surface area (Å²) in [6, 6.07) is 5.13. The number of aromatic amines is 1. The molecule has 0 atom stereocenters. The van der Waals surface area contributed by atoms with Crippen molar-refractivity contribution in [2.45, 2.75) is 6.42 Å². The van der Waals surface area contributed by atoms with Gasteiger partial charge in [-0.1, -0.05) is 29.3 Å². The SMILES string of the molecule is O=C(Cc1c(Cl)cccc1Cl)Nc1ncc[nH]1. The Morgan fingerprint density at radius 2 is 2.06 bits per heavy atom. The Morgan fingerprint density at radius 1 is 1.35 bits per heavy atom. The van der Waals surface area contributed by atoms with E-state index in [4.69, 9.17) is 23.2 Å². The number of aromatic nitrogens is 2. The molecule has 4 nitrogen and oxygen atoms in total. The fourth-order valence-corrected chi connectivity index (χ4v) is 1.90. The summed E-state index contributed by atoms with van der Waals surface area (Å²) in [7, 11) is 0. The van der Waals surface area contributed by atoms with Gasteiger partial charge in [0.15, 0.2) is 0 Å². The highest BCUT2D eigenvalue weighted by Crippen LogP contribution is 2.24. The van der Waals surface area contributed by atoms with Gasteiger partial charge in [-0.3, -0.25) is 10.1 Å². The molecule has 1 heterocycles. The van der Waals surface area contributed by atoms with Crippen molar-refractivity contribution in [3.8, 4) is 0 Å². The van der Waals surface area contributed by atoms with E-state index in [0.717, 1.165) is 0 Å². The summed E-state index contributed by atoms with van der Waals surface area (Å²) in [5.74, 6) is 0.174. The number of nitrogens with one attached hydrogen (secondary N) is 2. The molecule has 1 aromatic carbocycles. The Morgan fingerprint density at radius 3 is 2.65 bits per heavy atom. The van der Waals surface area contributed by atoms with E-state index in [1.165, 1.54) is 0 Å². The third-order valence-corrected chi connectivity index (χ3v) is 2.86. The molecule has 88 valence electrons. The van der Waals surface area contributed by atoms with Crippen LogP contribution in [0.25, 0.3) is 0 Å². The van der Waals surface area contributed by atoms with Crippen LogP contribution in [-0.4, -0.2) is 15.9 Å². The van der Waals surface area contributed by atoms with E-state index < -0.39 is 0 Å². The Kier molecular flexibility index (Phi) is 3.66. The molecule has 2 aromatic rings. The molecule has 0 aliphatic rings. The standard InChI is InChI=1S/C11H9Cl2N3O/c12-8-2-1-3-9(13)7(8)6-10(17)16-11-14-4-5-15-11/h1-5H,6H2,(H2,14,15,16,17). The fourth-order valence-electron chi connectivity index (χ4n) is 1.37. The second kappa shape index (κ2) is 5.21. The number of hydrogen-bond acceptors (Lipinski definition) is 2. The third kappa shape index (κ3) is 2.99. The van der Waals surface area contributed by atoms with Gasteiger partial charge in [0.1, 0.15) is 0 Å². The van der Waals surface area contributed by atoms with Crippen LogP contribution in [0.3, 0.4) is 0 Å². The van der Waals surface area contributed by atoms with E-state index >= 15 is 0 Å². The largest absolute Gasteiger partial charge is 0.331 e. The van der Waals surface area contributed by atoms with Crippen LogP contribution in [0.2, 0.25) is 10.0 Å². The number of halogens is 2. The van der Waals surface area contributed by atoms with Gasteiger partial charge in [-0.25, -0.2) is 4.98 Å². The monoisotopic (exact) mass is 269 g/mol. The number of imidazole rings is 1. The molecule has 17 heavy (non-hydrogen) atoms. The number of carbonyl (C=O) groups excluding carboxylic acids is 1. The average Bonchev–Trinajstić information content (AvgIpc) is 2.76. The van der Waals surface area contributed by atoms with Gasteiger partial charge in [0.05, 0.1) is 6.42 Å². The van der Waals surface area contributed by atoms with Crippen LogP contribution in [0.5, 0.6) is 0 Å². The van der Waals surface area contributed by atoms with Crippen molar-refractivity contribution in [3.05, 3.63) is 46.2 Å². The maximum absolute atomic E-state index is 11.7. The van der Waals surface area contributed by atoms with Crippen LogP contribution >= 0.6 is 23.2 Å². The highest BCUT2D eigenvalue weighted by atomic mass is 35.5. The molecule has 0 unspecified atom stereocenters. The van der Waals surface area contributed by atoms with Gasteiger partial charge >= 0.3 is 0 Å². The van der Waals surface area contributed by atoms with Gasteiger partial charge < -0.3 is 4.98 Å². The highest BCUT2D eigenvalue weighted by molar-refractivity contribution is 6.36.